The third-order valence-electron chi connectivity index (χ3n) is 5.00. The molecule has 0 aliphatic heterocycles. The third-order valence-corrected chi connectivity index (χ3v) is 5.45. The molecule has 0 fully saturated rings. The summed E-state index contributed by atoms with van der Waals surface area (Å²) in [5.74, 6) is 0.167. The van der Waals surface area contributed by atoms with Crippen molar-refractivity contribution in [3.05, 3.63) is 51.8 Å². The lowest BCUT2D eigenvalue weighted by Crippen LogP contribution is -2.17. The van der Waals surface area contributed by atoms with E-state index in [0.29, 0.717) is 28.4 Å². The van der Waals surface area contributed by atoms with E-state index in [9.17, 15) is 10.1 Å². The van der Waals surface area contributed by atoms with Crippen molar-refractivity contribution in [3.63, 3.8) is 0 Å². The van der Waals surface area contributed by atoms with Gasteiger partial charge in [-0.05, 0) is 36.8 Å². The van der Waals surface area contributed by atoms with Crippen LogP contribution in [-0.2, 0) is 26.7 Å². The Morgan fingerprint density at radius 1 is 1.25 bits per heavy atom. The minimum atomic E-state index is -0.848. The predicted molar refractivity (Wildman–Crippen MR) is 124 cm³/mol. The Morgan fingerprint density at radius 3 is 2.34 bits per heavy atom. The fraction of sp³-hybridized carbons (Fsp3) is 0.458. The Hall–Kier alpha value is -2.98. The zero-order valence-electron chi connectivity index (χ0n) is 19.7. The van der Waals surface area contributed by atoms with Crippen LogP contribution in [0.5, 0.6) is 0 Å². The fourth-order valence-electron chi connectivity index (χ4n) is 2.94. The van der Waals surface area contributed by atoms with E-state index in [2.05, 4.69) is 31.9 Å². The largest absolute Gasteiger partial charge is 0.511 e. The van der Waals surface area contributed by atoms with Crippen LogP contribution in [0.3, 0.4) is 0 Å². The maximum atomic E-state index is 11.9. The molecular formula is C24H30ClN3O4. The molecule has 0 aliphatic rings. The molecule has 1 atom stereocenters. The number of nitriles is 1. The number of nitrogens with zero attached hydrogens (tertiary/aromatic N) is 3. The van der Waals surface area contributed by atoms with E-state index in [4.69, 9.17) is 25.8 Å². The molecule has 0 radical (unpaired) electrons. The Morgan fingerprint density at radius 2 is 1.88 bits per heavy atom. The number of carbonyl (C=O) groups excluding carboxylic acids is 1. The number of ether oxygens (including phenoxy) is 3. The number of benzene rings is 1. The minimum absolute atomic E-state index is 0.0271. The van der Waals surface area contributed by atoms with Gasteiger partial charge in [-0.25, -0.2) is 4.79 Å². The molecule has 8 heteroatoms. The van der Waals surface area contributed by atoms with Crippen molar-refractivity contribution in [2.24, 2.45) is 7.05 Å². The fourth-order valence-corrected chi connectivity index (χ4v) is 3.19. The lowest BCUT2D eigenvalue weighted by atomic mass is 9.86. The smallest absolute Gasteiger partial charge is 0.453 e. The summed E-state index contributed by atoms with van der Waals surface area (Å²) >= 11 is 6.47. The van der Waals surface area contributed by atoms with Crippen LogP contribution in [0, 0.1) is 18.3 Å². The van der Waals surface area contributed by atoms with Crippen LogP contribution >= 0.6 is 11.6 Å². The quantitative estimate of drug-likeness (QED) is 0.218. The van der Waals surface area contributed by atoms with Crippen LogP contribution in [0.15, 0.2) is 24.3 Å². The van der Waals surface area contributed by atoms with Gasteiger partial charge in [-0.15, -0.1) is 0 Å². The molecule has 1 aromatic heterocycles. The first-order valence-electron chi connectivity index (χ1n) is 10.4. The Balaban J connectivity index is 2.45. The summed E-state index contributed by atoms with van der Waals surface area (Å²) in [7, 11) is 1.70. The molecule has 0 saturated carbocycles. The molecular weight excluding hydrogens is 430 g/mol. The number of rotatable bonds is 7. The van der Waals surface area contributed by atoms with Gasteiger partial charge in [-0.1, -0.05) is 63.6 Å². The molecule has 2 aromatic rings. The van der Waals surface area contributed by atoms with E-state index >= 15 is 0 Å². The summed E-state index contributed by atoms with van der Waals surface area (Å²) in [5.41, 5.74) is 3.00. The standard InChI is InChI=1S/C24H30ClN3O4/c1-8-15(2)32-23(29)31-14-30-22(21-20(25)16(3)27-28(21)7)19(13-26)17-9-11-18(12-10-17)24(4,5)6/h9-12,15H,8,14H2,1-7H3/b22-19-. The Labute approximate surface area is 194 Å². The monoisotopic (exact) mass is 459 g/mol. The number of aromatic nitrogens is 2. The van der Waals surface area contributed by atoms with Crippen molar-refractivity contribution in [3.8, 4) is 6.07 Å². The summed E-state index contributed by atoms with van der Waals surface area (Å²) in [6, 6.07) is 9.86. The first-order valence-corrected chi connectivity index (χ1v) is 10.8. The highest BCUT2D eigenvalue weighted by Gasteiger charge is 2.23. The molecule has 172 valence electrons. The van der Waals surface area contributed by atoms with Gasteiger partial charge in [0.25, 0.3) is 0 Å². The van der Waals surface area contributed by atoms with E-state index in [1.807, 2.05) is 31.2 Å². The van der Waals surface area contributed by atoms with Gasteiger partial charge in [-0.2, -0.15) is 10.4 Å². The van der Waals surface area contributed by atoms with Gasteiger partial charge in [0.05, 0.1) is 10.7 Å². The van der Waals surface area contributed by atoms with Gasteiger partial charge in [0.1, 0.15) is 23.4 Å². The van der Waals surface area contributed by atoms with Crippen molar-refractivity contribution < 1.29 is 19.0 Å². The van der Waals surface area contributed by atoms with Crippen molar-refractivity contribution in [2.75, 3.05) is 6.79 Å². The van der Waals surface area contributed by atoms with Crippen molar-refractivity contribution >= 4 is 29.1 Å². The predicted octanol–water partition coefficient (Wildman–Crippen LogP) is 6.00. The normalized spacial score (nSPS) is 13.1. The molecule has 0 bridgehead atoms. The summed E-state index contributed by atoms with van der Waals surface area (Å²) in [6.07, 6.45) is -0.463. The molecule has 1 aromatic carbocycles. The first kappa shape index (κ1) is 25.3. The maximum Gasteiger partial charge on any atom is 0.511 e. The first-order chi connectivity index (χ1) is 15.0. The molecule has 0 aliphatic carbocycles. The number of hydrogen-bond acceptors (Lipinski definition) is 6. The van der Waals surface area contributed by atoms with Gasteiger partial charge in [-0.3, -0.25) is 4.68 Å². The van der Waals surface area contributed by atoms with E-state index < -0.39 is 12.9 Å². The SMILES string of the molecule is CCC(C)OC(=O)OCO/C(=C(/C#N)c1ccc(C(C)(C)C)cc1)c1c(Cl)c(C)nn1C. The maximum absolute atomic E-state index is 11.9. The average molecular weight is 460 g/mol. The zero-order chi connectivity index (χ0) is 24.1. The van der Waals surface area contributed by atoms with E-state index in [1.165, 1.54) is 4.68 Å². The summed E-state index contributed by atoms with van der Waals surface area (Å²) < 4.78 is 17.5. The second kappa shape index (κ2) is 10.6. The highest BCUT2D eigenvalue weighted by Crippen LogP contribution is 2.34. The molecule has 0 amide bonds. The van der Waals surface area contributed by atoms with Crippen LogP contribution < -0.4 is 0 Å². The van der Waals surface area contributed by atoms with Crippen molar-refractivity contribution in [1.29, 1.82) is 5.26 Å². The molecule has 0 saturated heterocycles. The van der Waals surface area contributed by atoms with Crippen LogP contribution in [0.4, 0.5) is 4.79 Å². The molecule has 0 spiro atoms. The van der Waals surface area contributed by atoms with Crippen molar-refractivity contribution in [1.82, 2.24) is 9.78 Å². The molecule has 0 N–H and O–H groups in total. The van der Waals surface area contributed by atoms with E-state index in [-0.39, 0.29) is 22.9 Å². The van der Waals surface area contributed by atoms with E-state index in [0.717, 1.165) is 5.56 Å². The van der Waals surface area contributed by atoms with Crippen LogP contribution in [-0.4, -0.2) is 28.8 Å². The number of halogens is 1. The molecule has 1 heterocycles. The van der Waals surface area contributed by atoms with Gasteiger partial charge in [0.2, 0.25) is 6.79 Å². The number of aryl methyl sites for hydroxylation is 2. The second-order valence-corrected chi connectivity index (χ2v) is 8.89. The highest BCUT2D eigenvalue weighted by atomic mass is 35.5. The summed E-state index contributed by atoms with van der Waals surface area (Å²) in [6.45, 7) is 11.3. The third kappa shape index (κ3) is 6.04. The minimum Gasteiger partial charge on any atom is -0.453 e. The number of hydrogen-bond donors (Lipinski definition) is 0. The highest BCUT2D eigenvalue weighted by molar-refractivity contribution is 6.33. The Kier molecular flexibility index (Phi) is 8.34. The number of carbonyl (C=O) groups is 1. The van der Waals surface area contributed by atoms with E-state index in [1.54, 1.807) is 20.9 Å². The molecule has 1 unspecified atom stereocenters. The van der Waals surface area contributed by atoms with Gasteiger partial charge in [0.15, 0.2) is 5.76 Å². The summed E-state index contributed by atoms with van der Waals surface area (Å²) in [4.78, 5) is 11.9. The zero-order valence-corrected chi connectivity index (χ0v) is 20.4. The second-order valence-electron chi connectivity index (χ2n) is 8.51. The van der Waals surface area contributed by atoms with Crippen LogP contribution in [0.1, 0.15) is 63.6 Å². The average Bonchev–Trinajstić information content (AvgIpc) is 2.98. The van der Waals surface area contributed by atoms with Crippen LogP contribution in [0.25, 0.3) is 11.3 Å². The lowest BCUT2D eigenvalue weighted by molar-refractivity contribution is -0.0206. The van der Waals surface area contributed by atoms with Crippen LogP contribution in [0.2, 0.25) is 5.02 Å². The molecule has 7 nitrogen and oxygen atoms in total. The van der Waals surface area contributed by atoms with Gasteiger partial charge in [0, 0.05) is 7.05 Å². The van der Waals surface area contributed by atoms with Crippen molar-refractivity contribution in [2.45, 2.75) is 59.5 Å². The number of allylic oxidation sites excluding steroid dienone is 1. The molecule has 2 rings (SSSR count). The summed E-state index contributed by atoms with van der Waals surface area (Å²) in [5, 5.41) is 14.7. The molecule has 32 heavy (non-hydrogen) atoms. The Bertz CT molecular complexity index is 1030. The van der Waals surface area contributed by atoms with Gasteiger partial charge >= 0.3 is 6.16 Å². The van der Waals surface area contributed by atoms with Gasteiger partial charge < -0.3 is 14.2 Å². The topological polar surface area (TPSA) is 86.4 Å². The lowest BCUT2D eigenvalue weighted by Gasteiger charge is -2.19.